The first-order chi connectivity index (χ1) is 6.72. The highest BCUT2D eigenvalue weighted by Crippen LogP contribution is 2.02. The Morgan fingerprint density at radius 1 is 1.57 bits per heavy atom. The highest BCUT2D eigenvalue weighted by atomic mass is 16.5. The van der Waals surface area contributed by atoms with Gasteiger partial charge in [0.25, 0.3) is 0 Å². The van der Waals surface area contributed by atoms with Gasteiger partial charge in [0.05, 0.1) is 12.5 Å². The third-order valence-corrected chi connectivity index (χ3v) is 2.45. The number of esters is 1. The molecule has 0 aromatic heterocycles. The smallest absolute Gasteiger partial charge is 0.307 e. The van der Waals surface area contributed by atoms with Gasteiger partial charge in [0, 0.05) is 25.7 Å². The van der Waals surface area contributed by atoms with Crippen LogP contribution < -0.4 is 10.6 Å². The quantitative estimate of drug-likeness (QED) is 0.640. The molecule has 1 saturated heterocycles. The SMILES string of the molecule is CCC(C)OC(=O)CC1CNCCN1. The summed E-state index contributed by atoms with van der Waals surface area (Å²) < 4.78 is 5.20. The Kier molecular flexibility index (Phi) is 4.90. The lowest BCUT2D eigenvalue weighted by Crippen LogP contribution is -2.49. The molecule has 1 aliphatic rings. The molecule has 4 nitrogen and oxygen atoms in total. The van der Waals surface area contributed by atoms with Gasteiger partial charge in [-0.25, -0.2) is 0 Å². The van der Waals surface area contributed by atoms with Gasteiger partial charge in [-0.3, -0.25) is 4.79 Å². The molecule has 4 heteroatoms. The predicted octanol–water partition coefficient (Wildman–Crippen LogP) is 0.280. The summed E-state index contributed by atoms with van der Waals surface area (Å²) in [5.41, 5.74) is 0. The van der Waals surface area contributed by atoms with E-state index in [9.17, 15) is 4.79 Å². The van der Waals surface area contributed by atoms with Crippen molar-refractivity contribution in [3.05, 3.63) is 0 Å². The van der Waals surface area contributed by atoms with Crippen LogP contribution in [-0.2, 0) is 9.53 Å². The van der Waals surface area contributed by atoms with Gasteiger partial charge < -0.3 is 15.4 Å². The molecule has 1 fully saturated rings. The Morgan fingerprint density at radius 3 is 2.93 bits per heavy atom. The molecule has 82 valence electrons. The second-order valence-corrected chi connectivity index (χ2v) is 3.77. The lowest BCUT2D eigenvalue weighted by Gasteiger charge is -2.24. The maximum Gasteiger partial charge on any atom is 0.307 e. The van der Waals surface area contributed by atoms with Crippen LogP contribution in [0.4, 0.5) is 0 Å². The highest BCUT2D eigenvalue weighted by molar-refractivity contribution is 5.70. The third kappa shape index (κ3) is 4.07. The zero-order chi connectivity index (χ0) is 10.4. The molecule has 0 bridgehead atoms. The second-order valence-electron chi connectivity index (χ2n) is 3.77. The van der Waals surface area contributed by atoms with Crippen molar-refractivity contribution in [2.45, 2.75) is 38.8 Å². The first-order valence-corrected chi connectivity index (χ1v) is 5.36. The molecule has 1 aliphatic heterocycles. The zero-order valence-corrected chi connectivity index (χ0v) is 9.01. The summed E-state index contributed by atoms with van der Waals surface area (Å²) in [7, 11) is 0. The molecule has 14 heavy (non-hydrogen) atoms. The first-order valence-electron chi connectivity index (χ1n) is 5.36. The number of ether oxygens (including phenoxy) is 1. The van der Waals surface area contributed by atoms with Gasteiger partial charge in [-0.1, -0.05) is 6.92 Å². The van der Waals surface area contributed by atoms with Crippen LogP contribution in [0.2, 0.25) is 0 Å². The average Bonchev–Trinajstić information content (AvgIpc) is 2.19. The molecule has 1 heterocycles. The van der Waals surface area contributed by atoms with Crippen molar-refractivity contribution in [3.63, 3.8) is 0 Å². The summed E-state index contributed by atoms with van der Waals surface area (Å²) in [6.45, 7) is 6.70. The Hall–Kier alpha value is -0.610. The summed E-state index contributed by atoms with van der Waals surface area (Å²) in [5, 5.41) is 6.52. The van der Waals surface area contributed by atoms with Crippen LogP contribution in [0.25, 0.3) is 0 Å². The molecule has 0 aliphatic carbocycles. The van der Waals surface area contributed by atoms with E-state index in [4.69, 9.17) is 4.74 Å². The maximum absolute atomic E-state index is 11.4. The van der Waals surface area contributed by atoms with Gasteiger partial charge in [-0.2, -0.15) is 0 Å². The van der Waals surface area contributed by atoms with Crippen LogP contribution in [0.1, 0.15) is 26.7 Å². The van der Waals surface area contributed by atoms with Gasteiger partial charge in [-0.05, 0) is 13.3 Å². The normalized spacial score (nSPS) is 24.3. The standard InChI is InChI=1S/C10H20N2O2/c1-3-8(2)14-10(13)6-9-7-11-4-5-12-9/h8-9,11-12H,3-7H2,1-2H3. The summed E-state index contributed by atoms with van der Waals surface area (Å²) >= 11 is 0. The lowest BCUT2D eigenvalue weighted by molar-refractivity contribution is -0.149. The number of hydrogen-bond donors (Lipinski definition) is 2. The predicted molar refractivity (Wildman–Crippen MR) is 55.1 cm³/mol. The molecule has 0 saturated carbocycles. The van der Waals surface area contributed by atoms with Crippen LogP contribution in [0.5, 0.6) is 0 Å². The van der Waals surface area contributed by atoms with E-state index in [2.05, 4.69) is 10.6 Å². The van der Waals surface area contributed by atoms with Crippen molar-refractivity contribution < 1.29 is 9.53 Å². The minimum absolute atomic E-state index is 0.0408. The Bertz CT molecular complexity index is 179. The number of nitrogens with one attached hydrogen (secondary N) is 2. The van der Waals surface area contributed by atoms with Crippen molar-refractivity contribution in [2.24, 2.45) is 0 Å². The average molecular weight is 200 g/mol. The maximum atomic E-state index is 11.4. The summed E-state index contributed by atoms with van der Waals surface area (Å²) in [5.74, 6) is -0.0967. The number of carbonyl (C=O) groups excluding carboxylic acids is 1. The Morgan fingerprint density at radius 2 is 2.36 bits per heavy atom. The van der Waals surface area contributed by atoms with E-state index in [1.54, 1.807) is 0 Å². The van der Waals surface area contributed by atoms with Crippen LogP contribution >= 0.6 is 0 Å². The van der Waals surface area contributed by atoms with Gasteiger partial charge in [0.1, 0.15) is 0 Å². The molecule has 0 radical (unpaired) electrons. The summed E-state index contributed by atoms with van der Waals surface area (Å²) in [6, 6.07) is 0.236. The van der Waals surface area contributed by atoms with Crippen LogP contribution in [0, 0.1) is 0 Å². The number of piperazine rings is 1. The van der Waals surface area contributed by atoms with Gasteiger partial charge >= 0.3 is 5.97 Å². The Labute approximate surface area is 85.4 Å². The van der Waals surface area contributed by atoms with E-state index < -0.39 is 0 Å². The van der Waals surface area contributed by atoms with E-state index in [1.807, 2.05) is 13.8 Å². The van der Waals surface area contributed by atoms with E-state index in [-0.39, 0.29) is 18.1 Å². The molecule has 2 N–H and O–H groups in total. The fourth-order valence-corrected chi connectivity index (χ4v) is 1.41. The number of carbonyl (C=O) groups is 1. The largest absolute Gasteiger partial charge is 0.463 e. The third-order valence-electron chi connectivity index (χ3n) is 2.45. The van der Waals surface area contributed by atoms with E-state index in [0.717, 1.165) is 26.1 Å². The molecule has 1 rings (SSSR count). The van der Waals surface area contributed by atoms with E-state index in [0.29, 0.717) is 6.42 Å². The highest BCUT2D eigenvalue weighted by Gasteiger charge is 2.17. The molecule has 0 spiro atoms. The fourth-order valence-electron chi connectivity index (χ4n) is 1.41. The van der Waals surface area contributed by atoms with Crippen molar-refractivity contribution in [3.8, 4) is 0 Å². The first kappa shape index (κ1) is 11.5. The van der Waals surface area contributed by atoms with E-state index in [1.165, 1.54) is 0 Å². The molecular weight excluding hydrogens is 180 g/mol. The Balaban J connectivity index is 2.18. The van der Waals surface area contributed by atoms with Crippen molar-refractivity contribution in [1.29, 1.82) is 0 Å². The minimum atomic E-state index is -0.0967. The van der Waals surface area contributed by atoms with Crippen molar-refractivity contribution >= 4 is 5.97 Å². The van der Waals surface area contributed by atoms with Gasteiger partial charge in [0.15, 0.2) is 0 Å². The molecule has 2 unspecified atom stereocenters. The van der Waals surface area contributed by atoms with Crippen LogP contribution in [-0.4, -0.2) is 37.7 Å². The number of hydrogen-bond acceptors (Lipinski definition) is 4. The molecule has 0 aromatic carbocycles. The molecule has 0 aromatic rings. The topological polar surface area (TPSA) is 50.4 Å². The van der Waals surface area contributed by atoms with Crippen molar-refractivity contribution in [1.82, 2.24) is 10.6 Å². The molecule has 2 atom stereocenters. The summed E-state index contributed by atoms with van der Waals surface area (Å²) in [4.78, 5) is 11.4. The minimum Gasteiger partial charge on any atom is -0.463 e. The van der Waals surface area contributed by atoms with E-state index >= 15 is 0 Å². The fraction of sp³-hybridized carbons (Fsp3) is 0.900. The summed E-state index contributed by atoms with van der Waals surface area (Å²) in [6.07, 6.45) is 1.39. The molecular formula is C10H20N2O2. The van der Waals surface area contributed by atoms with Gasteiger partial charge in [0.2, 0.25) is 0 Å². The van der Waals surface area contributed by atoms with Crippen LogP contribution in [0.15, 0.2) is 0 Å². The molecule has 0 amide bonds. The lowest BCUT2D eigenvalue weighted by atomic mass is 10.1. The van der Waals surface area contributed by atoms with Crippen LogP contribution in [0.3, 0.4) is 0 Å². The van der Waals surface area contributed by atoms with Gasteiger partial charge in [-0.15, -0.1) is 0 Å². The number of rotatable bonds is 4. The zero-order valence-electron chi connectivity index (χ0n) is 9.01. The second kappa shape index (κ2) is 5.98. The monoisotopic (exact) mass is 200 g/mol. The van der Waals surface area contributed by atoms with Crippen molar-refractivity contribution in [2.75, 3.05) is 19.6 Å².